The molecule has 1 aromatic heterocycles. The van der Waals surface area contributed by atoms with Crippen molar-refractivity contribution in [2.75, 3.05) is 7.05 Å². The number of nitrogens with zero attached hydrogens (tertiary/aromatic N) is 1. The first-order valence-corrected chi connectivity index (χ1v) is 7.82. The Kier molecular flexibility index (Phi) is 2.89. The van der Waals surface area contributed by atoms with Crippen molar-refractivity contribution in [2.45, 2.75) is 49.3 Å². The lowest BCUT2D eigenvalue weighted by Crippen LogP contribution is -2.47. The van der Waals surface area contributed by atoms with E-state index in [2.05, 4.69) is 11.9 Å². The molecular weight excluding hydrogens is 278 g/mol. The quantitative estimate of drug-likeness (QED) is 0.841. The number of hydrogen-bond acceptors (Lipinski definition) is 6. The van der Waals surface area contributed by atoms with E-state index in [-0.39, 0.29) is 18.2 Å². The van der Waals surface area contributed by atoms with Gasteiger partial charge in [0.15, 0.2) is 6.10 Å². The summed E-state index contributed by atoms with van der Waals surface area (Å²) in [5.41, 5.74) is 0. The highest BCUT2D eigenvalue weighted by atomic mass is 32.1. The number of rotatable bonds is 3. The zero-order valence-electron chi connectivity index (χ0n) is 11.1. The first-order valence-electron chi connectivity index (χ1n) is 6.94. The Balaban J connectivity index is 1.48. The number of likely N-dealkylation sites (N-methyl/N-ethyl adjacent to an activating group) is 1. The third-order valence-electron chi connectivity index (χ3n) is 4.78. The lowest BCUT2D eigenvalue weighted by molar-refractivity contribution is -0.173. The molecule has 6 unspecified atom stereocenters. The fraction of sp³-hybridized carbons (Fsp3) is 0.643. The smallest absolute Gasteiger partial charge is 0.340 e. The van der Waals surface area contributed by atoms with E-state index in [1.165, 1.54) is 11.3 Å². The molecule has 0 amide bonds. The summed E-state index contributed by atoms with van der Waals surface area (Å²) in [6, 6.07) is 4.14. The van der Waals surface area contributed by atoms with Crippen LogP contribution in [0.15, 0.2) is 17.5 Å². The summed E-state index contributed by atoms with van der Waals surface area (Å²) in [5, 5.41) is 11.9. The maximum Gasteiger partial charge on any atom is 0.340 e. The molecule has 4 saturated heterocycles. The fourth-order valence-electron chi connectivity index (χ4n) is 3.79. The first kappa shape index (κ1) is 12.8. The van der Waals surface area contributed by atoms with E-state index < -0.39 is 12.1 Å². The minimum Gasteiger partial charge on any atom is -0.456 e. The molecule has 0 aromatic carbocycles. The second-order valence-electron chi connectivity index (χ2n) is 5.81. The maximum absolute atomic E-state index is 12.1. The van der Waals surface area contributed by atoms with Gasteiger partial charge in [-0.05, 0) is 31.3 Å². The van der Waals surface area contributed by atoms with Gasteiger partial charge in [0.1, 0.15) is 12.2 Å². The predicted molar refractivity (Wildman–Crippen MR) is 72.4 cm³/mol. The second kappa shape index (κ2) is 4.53. The molecule has 1 N–H and O–H groups in total. The van der Waals surface area contributed by atoms with Crippen LogP contribution in [0.25, 0.3) is 0 Å². The molecular formula is C14H17NO4S. The Bertz CT molecular complexity index is 517. The van der Waals surface area contributed by atoms with Gasteiger partial charge in [-0.1, -0.05) is 6.07 Å². The van der Waals surface area contributed by atoms with Crippen molar-refractivity contribution in [2.24, 2.45) is 0 Å². The molecule has 0 radical (unpaired) electrons. The standard InChI is InChI=1S/C14H17NO4S/c1-15-8-5-7-6-9(15)13(12(8)18-7)19-14(17)11(16)10-3-2-4-20-10/h2-4,7-9,11-13,16H,5-6H2,1H3. The Labute approximate surface area is 121 Å². The molecule has 0 saturated carbocycles. The van der Waals surface area contributed by atoms with Crippen LogP contribution in [0.2, 0.25) is 0 Å². The Hall–Kier alpha value is -0.950. The van der Waals surface area contributed by atoms with Crippen LogP contribution in [0.5, 0.6) is 0 Å². The molecule has 5 heterocycles. The molecule has 6 atom stereocenters. The van der Waals surface area contributed by atoms with Crippen molar-refractivity contribution >= 4 is 17.3 Å². The van der Waals surface area contributed by atoms with Crippen LogP contribution in [0, 0.1) is 0 Å². The molecule has 5 rings (SSSR count). The molecule has 0 aliphatic carbocycles. The Morgan fingerprint density at radius 3 is 3.05 bits per heavy atom. The summed E-state index contributed by atoms with van der Waals surface area (Å²) in [4.78, 5) is 15.0. The van der Waals surface area contributed by atoms with Crippen molar-refractivity contribution in [3.05, 3.63) is 22.4 Å². The molecule has 0 spiro atoms. The number of aliphatic hydroxyl groups excluding tert-OH is 1. The van der Waals surface area contributed by atoms with Gasteiger partial charge in [-0.15, -0.1) is 11.3 Å². The highest BCUT2D eigenvalue weighted by Gasteiger charge is 2.60. The molecule has 4 aliphatic heterocycles. The summed E-state index contributed by atoms with van der Waals surface area (Å²) in [6.45, 7) is 0. The van der Waals surface area contributed by atoms with E-state index in [1.807, 2.05) is 11.4 Å². The molecule has 6 heteroatoms. The maximum atomic E-state index is 12.1. The average Bonchev–Trinajstić information content (AvgIpc) is 3.11. The summed E-state index contributed by atoms with van der Waals surface area (Å²) in [7, 11) is 2.07. The van der Waals surface area contributed by atoms with Gasteiger partial charge in [-0.25, -0.2) is 4.79 Å². The van der Waals surface area contributed by atoms with E-state index >= 15 is 0 Å². The number of aliphatic hydroxyl groups is 1. The van der Waals surface area contributed by atoms with Gasteiger partial charge >= 0.3 is 5.97 Å². The summed E-state index contributed by atoms with van der Waals surface area (Å²) in [5.74, 6) is -0.564. The summed E-state index contributed by atoms with van der Waals surface area (Å²) in [6.07, 6.45) is 0.810. The van der Waals surface area contributed by atoms with Gasteiger partial charge in [-0.3, -0.25) is 4.90 Å². The second-order valence-corrected chi connectivity index (χ2v) is 6.79. The highest BCUT2D eigenvalue weighted by Crippen LogP contribution is 2.46. The van der Waals surface area contributed by atoms with Gasteiger partial charge < -0.3 is 14.6 Å². The number of hydrogen-bond donors (Lipinski definition) is 1. The van der Waals surface area contributed by atoms with E-state index in [0.29, 0.717) is 17.0 Å². The van der Waals surface area contributed by atoms with Crippen LogP contribution in [-0.2, 0) is 14.3 Å². The number of thiophene rings is 1. The van der Waals surface area contributed by atoms with Crippen LogP contribution >= 0.6 is 11.3 Å². The Morgan fingerprint density at radius 1 is 1.55 bits per heavy atom. The number of ether oxygens (including phenoxy) is 2. The summed E-state index contributed by atoms with van der Waals surface area (Å²) >= 11 is 1.36. The van der Waals surface area contributed by atoms with Crippen LogP contribution in [0.4, 0.5) is 0 Å². The number of piperidine rings is 1. The van der Waals surface area contributed by atoms with E-state index in [9.17, 15) is 9.90 Å². The lowest BCUT2D eigenvalue weighted by atomic mass is 10.0. The van der Waals surface area contributed by atoms with Crippen molar-refractivity contribution < 1.29 is 19.4 Å². The average molecular weight is 295 g/mol. The summed E-state index contributed by atoms with van der Waals surface area (Å²) < 4.78 is 11.5. The van der Waals surface area contributed by atoms with Gasteiger partial charge in [0.25, 0.3) is 0 Å². The van der Waals surface area contributed by atoms with Crippen LogP contribution < -0.4 is 0 Å². The van der Waals surface area contributed by atoms with Gasteiger partial charge in [-0.2, -0.15) is 0 Å². The normalized spacial score (nSPS) is 40.2. The monoisotopic (exact) mass is 295 g/mol. The first-order chi connectivity index (χ1) is 9.65. The van der Waals surface area contributed by atoms with Crippen molar-refractivity contribution in [3.8, 4) is 0 Å². The zero-order chi connectivity index (χ0) is 13.9. The molecule has 1 aromatic rings. The van der Waals surface area contributed by atoms with E-state index in [1.54, 1.807) is 6.07 Å². The zero-order valence-corrected chi connectivity index (χ0v) is 12.0. The molecule has 4 aliphatic rings. The predicted octanol–water partition coefficient (Wildman–Crippen LogP) is 0.937. The molecule has 4 fully saturated rings. The third kappa shape index (κ3) is 1.75. The van der Waals surface area contributed by atoms with Crippen molar-refractivity contribution in [1.29, 1.82) is 0 Å². The van der Waals surface area contributed by atoms with Gasteiger partial charge in [0, 0.05) is 10.9 Å². The molecule has 5 nitrogen and oxygen atoms in total. The lowest BCUT2D eigenvalue weighted by Gasteiger charge is -2.35. The van der Waals surface area contributed by atoms with E-state index in [4.69, 9.17) is 9.47 Å². The molecule has 4 bridgehead atoms. The SMILES string of the molecule is CN1C2CC3CC1C(O3)C2OC(=O)C(O)c1cccs1. The Morgan fingerprint density at radius 2 is 2.35 bits per heavy atom. The number of carbonyl (C=O) groups excluding carboxylic acids is 1. The molecule has 20 heavy (non-hydrogen) atoms. The molecule has 108 valence electrons. The minimum atomic E-state index is -1.18. The van der Waals surface area contributed by atoms with Gasteiger partial charge in [0.05, 0.1) is 12.1 Å². The number of esters is 1. The van der Waals surface area contributed by atoms with Gasteiger partial charge in [0.2, 0.25) is 0 Å². The van der Waals surface area contributed by atoms with Crippen molar-refractivity contribution in [3.63, 3.8) is 0 Å². The van der Waals surface area contributed by atoms with Crippen LogP contribution in [0.3, 0.4) is 0 Å². The van der Waals surface area contributed by atoms with Crippen molar-refractivity contribution in [1.82, 2.24) is 4.90 Å². The highest BCUT2D eigenvalue weighted by molar-refractivity contribution is 7.10. The minimum absolute atomic E-state index is 0.0248. The third-order valence-corrected chi connectivity index (χ3v) is 5.70. The van der Waals surface area contributed by atoms with Crippen LogP contribution in [0.1, 0.15) is 23.8 Å². The number of carbonyl (C=O) groups is 1. The van der Waals surface area contributed by atoms with E-state index in [0.717, 1.165) is 12.8 Å². The largest absolute Gasteiger partial charge is 0.456 e. The topological polar surface area (TPSA) is 59.0 Å². The fourth-order valence-corrected chi connectivity index (χ4v) is 4.49. The van der Waals surface area contributed by atoms with Crippen LogP contribution in [-0.4, -0.2) is 53.4 Å².